The van der Waals surface area contributed by atoms with E-state index in [0.717, 1.165) is 29.8 Å². The van der Waals surface area contributed by atoms with Gasteiger partial charge in [0.2, 0.25) is 0 Å². The molecular formula is C14H15F2N3. The summed E-state index contributed by atoms with van der Waals surface area (Å²) in [6, 6.07) is 3.65. The maximum absolute atomic E-state index is 13.5. The van der Waals surface area contributed by atoms with Crippen molar-refractivity contribution in [2.24, 2.45) is 7.05 Å². The molecule has 0 amide bonds. The van der Waals surface area contributed by atoms with Crippen LogP contribution >= 0.6 is 0 Å². The number of aromatic nitrogens is 2. The fourth-order valence-corrected chi connectivity index (χ4v) is 2.65. The first kappa shape index (κ1) is 12.1. The Hall–Kier alpha value is -1.91. The SMILES string of the molecule is Cn1cc(-c2ccc3c(c2C(F)F)CCCN3)cn1. The Balaban J connectivity index is 2.19. The number of aryl methyl sites for hydroxylation is 1. The fourth-order valence-electron chi connectivity index (χ4n) is 2.65. The van der Waals surface area contributed by atoms with Gasteiger partial charge in [-0.25, -0.2) is 8.78 Å². The zero-order valence-corrected chi connectivity index (χ0v) is 10.7. The van der Waals surface area contributed by atoms with E-state index in [-0.39, 0.29) is 5.56 Å². The molecule has 3 nitrogen and oxygen atoms in total. The topological polar surface area (TPSA) is 29.9 Å². The molecule has 0 aliphatic carbocycles. The molecule has 0 atom stereocenters. The lowest BCUT2D eigenvalue weighted by Gasteiger charge is -2.23. The third-order valence-corrected chi connectivity index (χ3v) is 3.51. The molecule has 1 aromatic carbocycles. The van der Waals surface area contributed by atoms with Crippen molar-refractivity contribution in [3.05, 3.63) is 35.7 Å². The third-order valence-electron chi connectivity index (χ3n) is 3.51. The van der Waals surface area contributed by atoms with Crippen LogP contribution in [0, 0.1) is 0 Å². The second kappa shape index (κ2) is 4.64. The van der Waals surface area contributed by atoms with Crippen LogP contribution in [-0.2, 0) is 13.5 Å². The van der Waals surface area contributed by atoms with Gasteiger partial charge < -0.3 is 5.32 Å². The van der Waals surface area contributed by atoms with Gasteiger partial charge in [-0.05, 0) is 30.0 Å². The number of alkyl halides is 2. The molecule has 0 unspecified atom stereocenters. The Morgan fingerprint density at radius 3 is 2.89 bits per heavy atom. The lowest BCUT2D eigenvalue weighted by atomic mass is 9.91. The Kier molecular flexibility index (Phi) is 2.97. The molecule has 0 saturated heterocycles. The summed E-state index contributed by atoms with van der Waals surface area (Å²) in [6.07, 6.45) is 2.53. The summed E-state index contributed by atoms with van der Waals surface area (Å²) in [4.78, 5) is 0. The second-order valence-corrected chi connectivity index (χ2v) is 4.79. The summed E-state index contributed by atoms with van der Waals surface area (Å²) in [7, 11) is 1.78. The highest BCUT2D eigenvalue weighted by Crippen LogP contribution is 2.39. The first-order chi connectivity index (χ1) is 9.16. The van der Waals surface area contributed by atoms with Crippen LogP contribution in [0.5, 0.6) is 0 Å². The molecule has 0 bridgehead atoms. The molecule has 3 rings (SSSR count). The van der Waals surface area contributed by atoms with Crippen molar-refractivity contribution in [1.29, 1.82) is 0 Å². The molecule has 0 spiro atoms. The van der Waals surface area contributed by atoms with E-state index in [1.54, 1.807) is 30.2 Å². The van der Waals surface area contributed by atoms with Gasteiger partial charge >= 0.3 is 0 Å². The van der Waals surface area contributed by atoms with Crippen molar-refractivity contribution in [3.63, 3.8) is 0 Å². The zero-order valence-electron chi connectivity index (χ0n) is 10.7. The molecule has 100 valence electrons. The zero-order chi connectivity index (χ0) is 13.4. The smallest absolute Gasteiger partial charge is 0.264 e. The van der Waals surface area contributed by atoms with Crippen LogP contribution in [0.1, 0.15) is 24.0 Å². The van der Waals surface area contributed by atoms with E-state index in [0.29, 0.717) is 12.0 Å². The average molecular weight is 263 g/mol. The number of nitrogens with zero attached hydrogens (tertiary/aromatic N) is 2. The predicted octanol–water partition coefficient (Wildman–Crippen LogP) is 3.38. The Bertz CT molecular complexity index is 605. The molecule has 0 saturated carbocycles. The number of nitrogens with one attached hydrogen (secondary N) is 1. The summed E-state index contributed by atoms with van der Waals surface area (Å²) in [5.41, 5.74) is 3.08. The largest absolute Gasteiger partial charge is 0.385 e. The highest BCUT2D eigenvalue weighted by molar-refractivity contribution is 5.73. The van der Waals surface area contributed by atoms with E-state index in [1.165, 1.54) is 0 Å². The minimum Gasteiger partial charge on any atom is -0.385 e. The van der Waals surface area contributed by atoms with Crippen LogP contribution < -0.4 is 5.32 Å². The lowest BCUT2D eigenvalue weighted by Crippen LogP contribution is -2.14. The van der Waals surface area contributed by atoms with E-state index in [2.05, 4.69) is 10.4 Å². The molecule has 1 N–H and O–H groups in total. The number of anilines is 1. The van der Waals surface area contributed by atoms with Crippen molar-refractivity contribution < 1.29 is 8.78 Å². The van der Waals surface area contributed by atoms with E-state index >= 15 is 0 Å². The number of halogens is 2. The van der Waals surface area contributed by atoms with Crippen molar-refractivity contribution in [1.82, 2.24) is 9.78 Å². The highest BCUT2D eigenvalue weighted by atomic mass is 19.3. The first-order valence-electron chi connectivity index (χ1n) is 6.33. The maximum atomic E-state index is 13.5. The van der Waals surface area contributed by atoms with Gasteiger partial charge in [0, 0.05) is 36.6 Å². The first-order valence-corrected chi connectivity index (χ1v) is 6.33. The molecule has 2 aromatic rings. The molecule has 19 heavy (non-hydrogen) atoms. The summed E-state index contributed by atoms with van der Waals surface area (Å²) in [6.45, 7) is 0.849. The number of rotatable bonds is 2. The van der Waals surface area contributed by atoms with Crippen LogP contribution in [0.3, 0.4) is 0 Å². The minimum absolute atomic E-state index is 0.151. The fraction of sp³-hybridized carbons (Fsp3) is 0.357. The van der Waals surface area contributed by atoms with Crippen LogP contribution in [0.2, 0.25) is 0 Å². The minimum atomic E-state index is -2.47. The summed E-state index contributed by atoms with van der Waals surface area (Å²) in [5, 5.41) is 7.25. The van der Waals surface area contributed by atoms with Gasteiger partial charge in [-0.15, -0.1) is 0 Å². The third kappa shape index (κ3) is 2.09. The number of hydrogen-bond acceptors (Lipinski definition) is 2. The van der Waals surface area contributed by atoms with Gasteiger partial charge in [-0.2, -0.15) is 5.10 Å². The van der Waals surface area contributed by atoms with Gasteiger partial charge in [-0.3, -0.25) is 4.68 Å². The Labute approximate surface area is 110 Å². The van der Waals surface area contributed by atoms with Crippen LogP contribution in [0.15, 0.2) is 24.5 Å². The Morgan fingerprint density at radius 1 is 1.37 bits per heavy atom. The molecule has 1 aliphatic heterocycles. The second-order valence-electron chi connectivity index (χ2n) is 4.79. The van der Waals surface area contributed by atoms with Crippen LogP contribution in [0.25, 0.3) is 11.1 Å². The maximum Gasteiger partial charge on any atom is 0.264 e. The summed E-state index contributed by atoms with van der Waals surface area (Å²) in [5.74, 6) is 0. The van der Waals surface area contributed by atoms with Gasteiger partial charge in [0.05, 0.1) is 6.20 Å². The van der Waals surface area contributed by atoms with Crippen LogP contribution in [-0.4, -0.2) is 16.3 Å². The van der Waals surface area contributed by atoms with Gasteiger partial charge in [-0.1, -0.05) is 6.07 Å². The standard InChI is InChI=1S/C14H15F2N3/c1-19-8-9(7-18-19)10-4-5-12-11(3-2-6-17-12)13(10)14(15)16/h4-5,7-8,14,17H,2-3,6H2,1H3. The van der Waals surface area contributed by atoms with Crippen molar-refractivity contribution in [3.8, 4) is 11.1 Å². The Morgan fingerprint density at radius 2 is 2.21 bits per heavy atom. The average Bonchev–Trinajstić information content (AvgIpc) is 2.83. The monoisotopic (exact) mass is 263 g/mol. The summed E-state index contributed by atoms with van der Waals surface area (Å²) >= 11 is 0. The number of hydrogen-bond donors (Lipinski definition) is 1. The molecule has 2 heterocycles. The molecule has 1 aliphatic rings. The molecular weight excluding hydrogens is 248 g/mol. The van der Waals surface area contributed by atoms with Crippen molar-refractivity contribution in [2.45, 2.75) is 19.3 Å². The van der Waals surface area contributed by atoms with Crippen LogP contribution in [0.4, 0.5) is 14.5 Å². The molecule has 0 radical (unpaired) electrons. The normalized spacial score (nSPS) is 14.3. The van der Waals surface area contributed by atoms with E-state index in [4.69, 9.17) is 0 Å². The predicted molar refractivity (Wildman–Crippen MR) is 70.4 cm³/mol. The van der Waals surface area contributed by atoms with E-state index in [1.807, 2.05) is 6.07 Å². The van der Waals surface area contributed by atoms with Gasteiger partial charge in [0.15, 0.2) is 0 Å². The summed E-state index contributed by atoms with van der Waals surface area (Å²) < 4.78 is 28.5. The van der Waals surface area contributed by atoms with Gasteiger partial charge in [0.25, 0.3) is 6.43 Å². The quantitative estimate of drug-likeness (QED) is 0.900. The number of benzene rings is 1. The number of fused-ring (bicyclic) bond motifs is 1. The van der Waals surface area contributed by atoms with Gasteiger partial charge in [0.1, 0.15) is 0 Å². The van der Waals surface area contributed by atoms with Crippen molar-refractivity contribution in [2.75, 3.05) is 11.9 Å². The molecule has 0 fully saturated rings. The van der Waals surface area contributed by atoms with E-state index in [9.17, 15) is 8.78 Å². The highest BCUT2D eigenvalue weighted by Gasteiger charge is 2.23. The molecule has 5 heteroatoms. The molecule has 1 aromatic heterocycles. The van der Waals surface area contributed by atoms with Crippen molar-refractivity contribution >= 4 is 5.69 Å². The van der Waals surface area contributed by atoms with E-state index < -0.39 is 6.43 Å². The lowest BCUT2D eigenvalue weighted by molar-refractivity contribution is 0.151.